The third-order valence-electron chi connectivity index (χ3n) is 6.18. The van der Waals surface area contributed by atoms with Gasteiger partial charge in [0.15, 0.2) is 5.13 Å². The number of ether oxygens (including phenoxy) is 1. The largest absolute Gasteiger partial charge is 0.445 e. The van der Waals surface area contributed by atoms with E-state index in [-0.39, 0.29) is 12.5 Å². The smallest absolute Gasteiger partial charge is 0.410 e. The van der Waals surface area contributed by atoms with Gasteiger partial charge in [0.05, 0.1) is 5.69 Å². The summed E-state index contributed by atoms with van der Waals surface area (Å²) in [6.07, 6.45) is 3.54. The van der Waals surface area contributed by atoms with E-state index in [1.807, 2.05) is 47.8 Å². The molecule has 2 N–H and O–H groups in total. The van der Waals surface area contributed by atoms with Crippen LogP contribution < -0.4 is 10.6 Å². The Morgan fingerprint density at radius 1 is 1.09 bits per heavy atom. The van der Waals surface area contributed by atoms with Crippen LogP contribution in [0.3, 0.4) is 0 Å². The standard InChI is InChI=1S/C26H28N4O3S/c31-24(23-10-5-13-30(23)26(32)33-16-19-6-2-1-3-7-19)29-25-28-22(17-34-25)20-8-4-9-21(14-20)27-15-18-11-12-18/h1-4,6-9,14,17-18,23,27H,5,10-13,15-16H2,(H,28,29,31)/t23-/m1/s1. The molecule has 34 heavy (non-hydrogen) atoms. The first-order valence-electron chi connectivity index (χ1n) is 11.7. The molecule has 1 atom stereocenters. The summed E-state index contributed by atoms with van der Waals surface area (Å²) in [7, 11) is 0. The van der Waals surface area contributed by atoms with Gasteiger partial charge in [0.1, 0.15) is 12.6 Å². The zero-order chi connectivity index (χ0) is 23.3. The summed E-state index contributed by atoms with van der Waals surface area (Å²) in [5.74, 6) is 0.574. The lowest BCUT2D eigenvalue weighted by Gasteiger charge is -2.22. The molecule has 1 aromatic heterocycles. The molecular weight excluding hydrogens is 448 g/mol. The number of nitrogens with one attached hydrogen (secondary N) is 2. The van der Waals surface area contributed by atoms with Gasteiger partial charge >= 0.3 is 6.09 Å². The topological polar surface area (TPSA) is 83.6 Å². The van der Waals surface area contributed by atoms with Crippen LogP contribution in [0.15, 0.2) is 60.0 Å². The number of thiazole rings is 1. The number of hydrogen-bond donors (Lipinski definition) is 2. The van der Waals surface area contributed by atoms with Crippen molar-refractivity contribution in [2.75, 3.05) is 23.7 Å². The van der Waals surface area contributed by atoms with Crippen molar-refractivity contribution in [3.05, 3.63) is 65.5 Å². The molecule has 3 aromatic rings. The number of amides is 2. The van der Waals surface area contributed by atoms with E-state index in [1.54, 1.807) is 0 Å². The van der Waals surface area contributed by atoms with Gasteiger partial charge in [0.2, 0.25) is 5.91 Å². The molecule has 2 aromatic carbocycles. The lowest BCUT2D eigenvalue weighted by atomic mass is 10.1. The summed E-state index contributed by atoms with van der Waals surface area (Å²) in [5, 5.41) is 8.85. The SMILES string of the molecule is O=C(Nc1nc(-c2cccc(NCC3CC3)c2)cs1)[C@H]1CCCN1C(=O)OCc1ccccc1. The third kappa shape index (κ3) is 5.56. The summed E-state index contributed by atoms with van der Waals surface area (Å²) in [6.45, 7) is 1.71. The molecule has 2 heterocycles. The number of anilines is 2. The van der Waals surface area contributed by atoms with Crippen LogP contribution >= 0.6 is 11.3 Å². The van der Waals surface area contributed by atoms with E-state index in [9.17, 15) is 9.59 Å². The van der Waals surface area contributed by atoms with Crippen molar-refractivity contribution in [1.29, 1.82) is 0 Å². The van der Waals surface area contributed by atoms with Gasteiger partial charge in [-0.2, -0.15) is 0 Å². The zero-order valence-corrected chi connectivity index (χ0v) is 19.7. The Kier molecular flexibility index (Phi) is 6.76. The van der Waals surface area contributed by atoms with E-state index in [2.05, 4.69) is 27.8 Å². The van der Waals surface area contributed by atoms with Crippen LogP contribution in [0.25, 0.3) is 11.3 Å². The molecule has 5 rings (SSSR count). The first kappa shape index (κ1) is 22.4. The molecular formula is C26H28N4O3S. The highest BCUT2D eigenvalue weighted by atomic mass is 32.1. The molecule has 1 saturated heterocycles. The number of aromatic nitrogens is 1. The Balaban J connectivity index is 1.18. The highest BCUT2D eigenvalue weighted by molar-refractivity contribution is 7.14. The Hall–Kier alpha value is -3.39. The van der Waals surface area contributed by atoms with Gasteiger partial charge in [0.25, 0.3) is 0 Å². The normalized spacial score (nSPS) is 17.4. The first-order valence-corrected chi connectivity index (χ1v) is 12.6. The molecule has 1 aliphatic heterocycles. The molecule has 0 radical (unpaired) electrons. The predicted molar refractivity (Wildman–Crippen MR) is 134 cm³/mol. The second kappa shape index (κ2) is 10.3. The summed E-state index contributed by atoms with van der Waals surface area (Å²) in [5.41, 5.74) is 3.82. The molecule has 0 unspecified atom stereocenters. The van der Waals surface area contributed by atoms with Gasteiger partial charge < -0.3 is 15.4 Å². The fourth-order valence-electron chi connectivity index (χ4n) is 4.09. The summed E-state index contributed by atoms with van der Waals surface area (Å²) in [4.78, 5) is 31.7. The van der Waals surface area contributed by atoms with Crippen molar-refractivity contribution in [2.45, 2.75) is 38.3 Å². The highest BCUT2D eigenvalue weighted by Crippen LogP contribution is 2.31. The predicted octanol–water partition coefficient (Wildman–Crippen LogP) is 5.37. The van der Waals surface area contributed by atoms with Crippen molar-refractivity contribution >= 4 is 34.2 Å². The van der Waals surface area contributed by atoms with Crippen LogP contribution in [0, 0.1) is 5.92 Å². The van der Waals surface area contributed by atoms with Crippen LogP contribution in [0.4, 0.5) is 15.6 Å². The second-order valence-corrected chi connectivity index (χ2v) is 9.68. The Bertz CT molecular complexity index is 1150. The minimum Gasteiger partial charge on any atom is -0.445 e. The number of carbonyl (C=O) groups is 2. The van der Waals surface area contributed by atoms with E-state index >= 15 is 0 Å². The van der Waals surface area contributed by atoms with Gasteiger partial charge in [-0.1, -0.05) is 42.5 Å². The lowest BCUT2D eigenvalue weighted by molar-refractivity contribution is -0.120. The summed E-state index contributed by atoms with van der Waals surface area (Å²) < 4.78 is 5.44. The van der Waals surface area contributed by atoms with Crippen molar-refractivity contribution in [3.8, 4) is 11.3 Å². The van der Waals surface area contributed by atoms with Gasteiger partial charge in [-0.15, -0.1) is 11.3 Å². The van der Waals surface area contributed by atoms with Gasteiger partial charge in [-0.3, -0.25) is 9.69 Å². The maximum Gasteiger partial charge on any atom is 0.410 e. The minimum absolute atomic E-state index is 0.189. The summed E-state index contributed by atoms with van der Waals surface area (Å²) >= 11 is 1.38. The van der Waals surface area contributed by atoms with E-state index in [0.29, 0.717) is 18.1 Å². The molecule has 0 spiro atoms. The van der Waals surface area contributed by atoms with Crippen LogP contribution in [0.1, 0.15) is 31.2 Å². The van der Waals surface area contributed by atoms with Crippen molar-refractivity contribution in [2.24, 2.45) is 5.92 Å². The minimum atomic E-state index is -0.550. The number of carbonyl (C=O) groups excluding carboxylic acids is 2. The average Bonchev–Trinajstić information content (AvgIpc) is 3.35. The van der Waals surface area contributed by atoms with E-state index < -0.39 is 12.1 Å². The Labute approximate surface area is 203 Å². The third-order valence-corrected chi connectivity index (χ3v) is 6.94. The zero-order valence-electron chi connectivity index (χ0n) is 18.9. The highest BCUT2D eigenvalue weighted by Gasteiger charge is 2.35. The van der Waals surface area contributed by atoms with Crippen molar-refractivity contribution in [1.82, 2.24) is 9.88 Å². The number of nitrogens with zero attached hydrogens (tertiary/aromatic N) is 2. The van der Waals surface area contributed by atoms with Gasteiger partial charge in [0, 0.05) is 29.7 Å². The fourth-order valence-corrected chi connectivity index (χ4v) is 4.81. The molecule has 7 nitrogen and oxygen atoms in total. The van der Waals surface area contributed by atoms with E-state index in [1.165, 1.54) is 29.1 Å². The first-order chi connectivity index (χ1) is 16.7. The second-order valence-electron chi connectivity index (χ2n) is 8.82. The van der Waals surface area contributed by atoms with E-state index in [0.717, 1.165) is 41.4 Å². The lowest BCUT2D eigenvalue weighted by Crippen LogP contribution is -2.43. The Morgan fingerprint density at radius 2 is 1.94 bits per heavy atom. The number of rotatable bonds is 8. The Morgan fingerprint density at radius 3 is 2.76 bits per heavy atom. The maximum absolute atomic E-state index is 13.0. The summed E-state index contributed by atoms with van der Waals surface area (Å²) in [6, 6.07) is 17.2. The van der Waals surface area contributed by atoms with Gasteiger partial charge in [-0.05, 0) is 49.3 Å². The van der Waals surface area contributed by atoms with Gasteiger partial charge in [-0.25, -0.2) is 9.78 Å². The number of likely N-dealkylation sites (tertiary alicyclic amines) is 1. The molecule has 8 heteroatoms. The van der Waals surface area contributed by atoms with Crippen molar-refractivity contribution in [3.63, 3.8) is 0 Å². The average molecular weight is 477 g/mol. The number of benzene rings is 2. The van der Waals surface area contributed by atoms with E-state index in [4.69, 9.17) is 4.74 Å². The molecule has 2 amide bonds. The molecule has 2 fully saturated rings. The van der Waals surface area contributed by atoms with Crippen molar-refractivity contribution < 1.29 is 14.3 Å². The monoisotopic (exact) mass is 476 g/mol. The molecule has 2 aliphatic rings. The quantitative estimate of drug-likeness (QED) is 0.457. The molecule has 0 bridgehead atoms. The van der Waals surface area contributed by atoms with Crippen LogP contribution in [-0.4, -0.2) is 41.0 Å². The van der Waals surface area contributed by atoms with Crippen LogP contribution in [0.5, 0.6) is 0 Å². The van der Waals surface area contributed by atoms with Crippen LogP contribution in [-0.2, 0) is 16.1 Å². The fraction of sp³-hybridized carbons (Fsp3) is 0.346. The van der Waals surface area contributed by atoms with Crippen LogP contribution in [0.2, 0.25) is 0 Å². The molecule has 176 valence electrons. The molecule has 1 saturated carbocycles. The maximum atomic E-state index is 13.0. The molecule has 1 aliphatic carbocycles. The number of hydrogen-bond acceptors (Lipinski definition) is 6.